The van der Waals surface area contributed by atoms with Gasteiger partial charge in [0.25, 0.3) is 0 Å². The number of hydrogen-bond donors (Lipinski definition) is 3. The molecule has 0 amide bonds. The third-order valence-corrected chi connectivity index (χ3v) is 2.89. The Hall–Kier alpha value is -2.48. The molecule has 1 fully saturated rings. The maximum atomic E-state index is 12.3. The topological polar surface area (TPSA) is 99.1 Å². The zero-order valence-electron chi connectivity index (χ0n) is 11.5. The van der Waals surface area contributed by atoms with Gasteiger partial charge >= 0.3 is 0 Å². The largest absolute Gasteiger partial charge is 0.513 e. The number of hydrogen-bond acceptors (Lipinski definition) is 5. The highest BCUT2D eigenvalue weighted by Crippen LogP contribution is 2.17. The summed E-state index contributed by atoms with van der Waals surface area (Å²) in [4.78, 5) is 12.3. The van der Waals surface area contributed by atoms with E-state index in [1.54, 1.807) is 0 Å². The van der Waals surface area contributed by atoms with Gasteiger partial charge in [0.05, 0.1) is 5.76 Å². The first-order valence-corrected chi connectivity index (χ1v) is 6.47. The molecule has 0 spiro atoms. The van der Waals surface area contributed by atoms with Gasteiger partial charge in [0, 0.05) is 24.0 Å². The van der Waals surface area contributed by atoms with Gasteiger partial charge in [-0.1, -0.05) is 6.08 Å². The van der Waals surface area contributed by atoms with Gasteiger partial charge in [0.15, 0.2) is 0 Å². The second-order valence-corrected chi connectivity index (χ2v) is 4.47. The van der Waals surface area contributed by atoms with Crippen molar-refractivity contribution in [3.05, 3.63) is 47.0 Å². The number of nitriles is 1. The van der Waals surface area contributed by atoms with Crippen LogP contribution in [0, 0.1) is 11.3 Å². The summed E-state index contributed by atoms with van der Waals surface area (Å²) in [6, 6.07) is 1.96. The quantitative estimate of drug-likeness (QED) is 0.315. The third kappa shape index (κ3) is 4.32. The Morgan fingerprint density at radius 1 is 1.50 bits per heavy atom. The predicted molar refractivity (Wildman–Crippen MR) is 77.3 cm³/mol. The molecule has 1 rings (SSSR count). The van der Waals surface area contributed by atoms with Gasteiger partial charge in [0.1, 0.15) is 11.6 Å². The monoisotopic (exact) mass is 273 g/mol. The van der Waals surface area contributed by atoms with Crippen molar-refractivity contribution in [2.45, 2.75) is 26.2 Å². The first-order chi connectivity index (χ1) is 9.60. The van der Waals surface area contributed by atoms with Gasteiger partial charge in [-0.25, -0.2) is 0 Å². The van der Waals surface area contributed by atoms with Crippen LogP contribution >= 0.6 is 0 Å². The minimum absolute atomic E-state index is 0.107. The molecular weight excluding hydrogens is 254 g/mol. The number of rotatable bonds is 4. The van der Waals surface area contributed by atoms with E-state index in [4.69, 9.17) is 10.8 Å². The van der Waals surface area contributed by atoms with Crippen molar-refractivity contribution >= 4 is 5.78 Å². The number of carbonyl (C=O) groups is 1. The fourth-order valence-corrected chi connectivity index (χ4v) is 1.87. The van der Waals surface area contributed by atoms with Gasteiger partial charge in [-0.15, -0.1) is 0 Å². The van der Waals surface area contributed by atoms with Gasteiger partial charge < -0.3 is 16.2 Å². The molecule has 0 saturated carbocycles. The molecule has 0 aromatic heterocycles. The van der Waals surface area contributed by atoms with E-state index in [9.17, 15) is 10.1 Å². The van der Waals surface area contributed by atoms with E-state index in [1.807, 2.05) is 6.07 Å². The lowest BCUT2D eigenvalue weighted by Crippen LogP contribution is -2.24. The first-order valence-electron chi connectivity index (χ1n) is 6.47. The van der Waals surface area contributed by atoms with Crippen LogP contribution < -0.4 is 11.1 Å². The molecule has 0 unspecified atom stereocenters. The maximum absolute atomic E-state index is 12.3. The second-order valence-electron chi connectivity index (χ2n) is 4.47. The van der Waals surface area contributed by atoms with Crippen LogP contribution in [0.3, 0.4) is 0 Å². The Kier molecular flexibility index (Phi) is 6.11. The molecule has 0 aliphatic carbocycles. The summed E-state index contributed by atoms with van der Waals surface area (Å²) in [6.07, 6.45) is 8.30. The normalized spacial score (nSPS) is 19.4. The number of nitrogens with two attached hydrogens (primary N) is 1. The molecule has 1 aliphatic heterocycles. The number of piperidine rings is 1. The van der Waals surface area contributed by atoms with Crippen molar-refractivity contribution in [1.29, 1.82) is 5.26 Å². The number of aliphatic hydroxyl groups is 1. The van der Waals surface area contributed by atoms with Crippen LogP contribution in [0.4, 0.5) is 0 Å². The average molecular weight is 273 g/mol. The minimum Gasteiger partial charge on any atom is -0.513 e. The molecule has 0 aromatic carbocycles. The van der Waals surface area contributed by atoms with Crippen LogP contribution in [-0.2, 0) is 4.79 Å². The van der Waals surface area contributed by atoms with Crippen molar-refractivity contribution in [1.82, 2.24) is 5.32 Å². The van der Waals surface area contributed by atoms with Crippen LogP contribution in [0.2, 0.25) is 0 Å². The van der Waals surface area contributed by atoms with Crippen LogP contribution in [0.5, 0.6) is 0 Å². The lowest BCUT2D eigenvalue weighted by molar-refractivity contribution is -0.111. The maximum Gasteiger partial charge on any atom is 0.206 e. The molecule has 4 N–H and O–H groups in total. The van der Waals surface area contributed by atoms with Crippen LogP contribution in [0.25, 0.3) is 0 Å². The van der Waals surface area contributed by atoms with E-state index >= 15 is 0 Å². The van der Waals surface area contributed by atoms with E-state index in [-0.39, 0.29) is 16.9 Å². The second kappa shape index (κ2) is 7.85. The summed E-state index contributed by atoms with van der Waals surface area (Å²) in [5.41, 5.74) is 6.46. The molecule has 5 heteroatoms. The molecule has 1 heterocycles. The fourth-order valence-electron chi connectivity index (χ4n) is 1.87. The highest BCUT2D eigenvalue weighted by molar-refractivity contribution is 6.13. The molecule has 106 valence electrons. The van der Waals surface area contributed by atoms with Crippen LogP contribution in [0.1, 0.15) is 26.2 Å². The van der Waals surface area contributed by atoms with Crippen molar-refractivity contribution in [2.75, 3.05) is 6.54 Å². The molecule has 0 bridgehead atoms. The lowest BCUT2D eigenvalue weighted by atomic mass is 9.98. The summed E-state index contributed by atoms with van der Waals surface area (Å²) in [7, 11) is 0. The highest BCUT2D eigenvalue weighted by Gasteiger charge is 2.19. The van der Waals surface area contributed by atoms with Gasteiger partial charge in [0.2, 0.25) is 5.78 Å². The van der Waals surface area contributed by atoms with Crippen molar-refractivity contribution in [2.24, 2.45) is 5.73 Å². The molecule has 5 nitrogen and oxygen atoms in total. The zero-order chi connectivity index (χ0) is 15.0. The highest BCUT2D eigenvalue weighted by atomic mass is 16.3. The van der Waals surface area contributed by atoms with E-state index in [1.165, 1.54) is 31.4 Å². The van der Waals surface area contributed by atoms with E-state index in [2.05, 4.69) is 5.32 Å². The Balaban J connectivity index is 2.98. The van der Waals surface area contributed by atoms with E-state index in [0.29, 0.717) is 12.1 Å². The molecule has 1 aliphatic rings. The van der Waals surface area contributed by atoms with E-state index in [0.717, 1.165) is 19.4 Å². The first kappa shape index (κ1) is 15.6. The molecule has 0 atom stereocenters. The minimum atomic E-state index is -0.403. The van der Waals surface area contributed by atoms with Gasteiger partial charge in [-0.05, 0) is 38.3 Å². The summed E-state index contributed by atoms with van der Waals surface area (Å²) < 4.78 is 0. The SMILES string of the molecule is C\C(O)=C/C=C\C(=C/N)C(=O)/C(C#N)=C1/CCCCN1. The number of nitrogens with zero attached hydrogens (tertiary/aromatic N) is 1. The lowest BCUT2D eigenvalue weighted by Gasteiger charge is -2.18. The van der Waals surface area contributed by atoms with Crippen molar-refractivity contribution in [3.8, 4) is 6.07 Å². The Morgan fingerprint density at radius 3 is 2.75 bits per heavy atom. The average Bonchev–Trinajstić information content (AvgIpc) is 2.45. The Labute approximate surface area is 118 Å². The van der Waals surface area contributed by atoms with Gasteiger partial charge in [-0.2, -0.15) is 5.26 Å². The summed E-state index contributed by atoms with van der Waals surface area (Å²) in [5.74, 6) is -0.280. The Bertz CT molecular complexity index is 522. The summed E-state index contributed by atoms with van der Waals surface area (Å²) >= 11 is 0. The summed E-state index contributed by atoms with van der Waals surface area (Å²) in [6.45, 7) is 2.30. The number of allylic oxidation sites excluding steroid dienone is 7. The van der Waals surface area contributed by atoms with E-state index < -0.39 is 5.78 Å². The molecule has 20 heavy (non-hydrogen) atoms. The molecular formula is C15H19N3O2. The standard InChI is InChI=1S/C15H19N3O2/c1-11(19)5-4-6-12(9-16)15(20)13(10-17)14-7-2-3-8-18-14/h4-6,9,18-19H,2-3,7-8,16H2,1H3/b6-4-,11-5+,12-9+,14-13-. The molecule has 1 saturated heterocycles. The zero-order valence-corrected chi connectivity index (χ0v) is 11.5. The predicted octanol–water partition coefficient (Wildman–Crippen LogP) is 1.97. The number of carbonyl (C=O) groups excluding carboxylic acids is 1. The van der Waals surface area contributed by atoms with Crippen LogP contribution in [-0.4, -0.2) is 17.4 Å². The Morgan fingerprint density at radius 2 is 2.25 bits per heavy atom. The molecule has 0 aromatic rings. The smallest absolute Gasteiger partial charge is 0.206 e. The summed E-state index contributed by atoms with van der Waals surface area (Å²) in [5, 5.41) is 21.3. The van der Waals surface area contributed by atoms with Gasteiger partial charge in [-0.3, -0.25) is 4.79 Å². The third-order valence-electron chi connectivity index (χ3n) is 2.89. The van der Waals surface area contributed by atoms with Crippen molar-refractivity contribution in [3.63, 3.8) is 0 Å². The number of ketones is 1. The van der Waals surface area contributed by atoms with Crippen LogP contribution in [0.15, 0.2) is 47.0 Å². The molecule has 0 radical (unpaired) electrons. The number of aliphatic hydroxyl groups excluding tert-OH is 1. The fraction of sp³-hybridized carbons (Fsp3) is 0.333. The number of nitrogens with one attached hydrogen (secondary N) is 1. The number of Topliss-reactive ketones (excluding diaryl/α,β-unsaturated/α-hetero) is 1. The van der Waals surface area contributed by atoms with Crippen molar-refractivity contribution < 1.29 is 9.90 Å².